The molecular weight excluding hydrogens is 244 g/mol. The third-order valence-electron chi connectivity index (χ3n) is 5.22. The second-order valence-electron chi connectivity index (χ2n) is 6.78. The molecule has 3 rings (SSSR count). The van der Waals surface area contributed by atoms with E-state index in [0.29, 0.717) is 11.6 Å². The van der Waals surface area contributed by atoms with E-state index in [0.717, 1.165) is 0 Å². The van der Waals surface area contributed by atoms with Crippen molar-refractivity contribution in [2.45, 2.75) is 57.0 Å². The zero-order valence-electron chi connectivity index (χ0n) is 12.8. The summed E-state index contributed by atoms with van der Waals surface area (Å²) in [5.41, 5.74) is 1.94. The van der Waals surface area contributed by atoms with Gasteiger partial charge in [-0.25, -0.2) is 0 Å². The van der Waals surface area contributed by atoms with Crippen molar-refractivity contribution in [1.29, 1.82) is 0 Å². The van der Waals surface area contributed by atoms with E-state index in [1.165, 1.54) is 63.7 Å². The van der Waals surface area contributed by atoms with E-state index in [4.69, 9.17) is 0 Å². The Labute approximate surface area is 123 Å². The number of hydrogen-bond donors (Lipinski definition) is 1. The fraction of sp³-hybridized carbons (Fsp3) is 0.667. The van der Waals surface area contributed by atoms with Crippen LogP contribution in [0, 0.1) is 0 Å². The van der Waals surface area contributed by atoms with Crippen LogP contribution in [-0.4, -0.2) is 36.1 Å². The predicted octanol–water partition coefficient (Wildman–Crippen LogP) is 3.23. The predicted molar refractivity (Wildman–Crippen MR) is 85.0 cm³/mol. The lowest BCUT2D eigenvalue weighted by molar-refractivity contribution is 0.0882. The van der Waals surface area contributed by atoms with Gasteiger partial charge in [0.1, 0.15) is 0 Å². The van der Waals surface area contributed by atoms with Crippen LogP contribution in [0.3, 0.4) is 0 Å². The molecular formula is C18H28N2. The van der Waals surface area contributed by atoms with Gasteiger partial charge in [-0.1, -0.05) is 43.2 Å². The summed E-state index contributed by atoms with van der Waals surface area (Å²) >= 11 is 0. The van der Waals surface area contributed by atoms with Crippen LogP contribution in [0.5, 0.6) is 0 Å². The van der Waals surface area contributed by atoms with Gasteiger partial charge in [0.25, 0.3) is 0 Å². The normalized spacial score (nSPS) is 26.1. The Morgan fingerprint density at radius 1 is 1.20 bits per heavy atom. The Kier molecular flexibility index (Phi) is 4.42. The molecule has 1 aromatic rings. The summed E-state index contributed by atoms with van der Waals surface area (Å²) in [7, 11) is 0. The fourth-order valence-electron chi connectivity index (χ4n) is 3.91. The van der Waals surface area contributed by atoms with Crippen molar-refractivity contribution in [3.8, 4) is 0 Å². The largest absolute Gasteiger partial charge is 0.308 e. The first-order valence-corrected chi connectivity index (χ1v) is 8.30. The summed E-state index contributed by atoms with van der Waals surface area (Å²) in [6.07, 6.45) is 8.09. The highest BCUT2D eigenvalue weighted by Crippen LogP contribution is 2.33. The summed E-state index contributed by atoms with van der Waals surface area (Å²) in [5, 5.41) is 3.84. The van der Waals surface area contributed by atoms with Crippen molar-refractivity contribution >= 4 is 0 Å². The van der Waals surface area contributed by atoms with E-state index >= 15 is 0 Å². The van der Waals surface area contributed by atoms with E-state index in [1.54, 1.807) is 0 Å². The quantitative estimate of drug-likeness (QED) is 0.905. The first-order valence-electron chi connectivity index (χ1n) is 8.30. The van der Waals surface area contributed by atoms with E-state index in [2.05, 4.69) is 47.5 Å². The van der Waals surface area contributed by atoms with Gasteiger partial charge in [-0.05, 0) is 44.7 Å². The molecule has 110 valence electrons. The van der Waals surface area contributed by atoms with Crippen molar-refractivity contribution in [2.75, 3.05) is 19.6 Å². The molecule has 1 unspecified atom stereocenters. The molecule has 0 amide bonds. The monoisotopic (exact) mass is 272 g/mol. The van der Waals surface area contributed by atoms with Crippen LogP contribution in [-0.2, 0) is 6.42 Å². The summed E-state index contributed by atoms with van der Waals surface area (Å²) < 4.78 is 0. The van der Waals surface area contributed by atoms with E-state index < -0.39 is 0 Å². The smallest absolute Gasteiger partial charge is 0.0309 e. The van der Waals surface area contributed by atoms with Crippen LogP contribution in [0.15, 0.2) is 30.3 Å². The minimum atomic E-state index is 0.458. The summed E-state index contributed by atoms with van der Waals surface area (Å²) in [6.45, 7) is 6.06. The van der Waals surface area contributed by atoms with E-state index in [1.807, 2.05) is 0 Å². The van der Waals surface area contributed by atoms with Crippen LogP contribution in [0.2, 0.25) is 0 Å². The van der Waals surface area contributed by atoms with Gasteiger partial charge < -0.3 is 5.32 Å². The molecule has 2 fully saturated rings. The highest BCUT2D eigenvalue weighted by molar-refractivity contribution is 5.14. The van der Waals surface area contributed by atoms with Gasteiger partial charge in [0, 0.05) is 24.7 Å². The second-order valence-corrected chi connectivity index (χ2v) is 6.78. The maximum absolute atomic E-state index is 3.84. The summed E-state index contributed by atoms with van der Waals surface area (Å²) in [6, 6.07) is 11.6. The minimum Gasteiger partial charge on any atom is -0.308 e. The molecule has 1 saturated heterocycles. The molecule has 20 heavy (non-hydrogen) atoms. The third kappa shape index (κ3) is 3.24. The zero-order chi connectivity index (χ0) is 13.8. The first-order chi connectivity index (χ1) is 9.77. The van der Waals surface area contributed by atoms with Crippen LogP contribution < -0.4 is 5.32 Å². The van der Waals surface area contributed by atoms with Gasteiger partial charge in [-0.15, -0.1) is 0 Å². The lowest BCUT2D eigenvalue weighted by atomic mass is 9.92. The van der Waals surface area contributed by atoms with Crippen LogP contribution in [0.25, 0.3) is 0 Å². The Morgan fingerprint density at radius 3 is 2.70 bits per heavy atom. The standard InChI is InChI=1S/C18H28N2/c1-16-14-19-18(11-5-6-12-18)15-20(16)13-7-10-17-8-3-2-4-9-17/h2-4,8-9,16,19H,5-7,10-15H2,1H3. The SMILES string of the molecule is CC1CNC2(CCCC2)CN1CCCc1ccccc1. The number of nitrogens with one attached hydrogen (secondary N) is 1. The maximum atomic E-state index is 3.84. The van der Waals surface area contributed by atoms with E-state index in [9.17, 15) is 0 Å². The molecule has 2 heteroatoms. The van der Waals surface area contributed by atoms with Gasteiger partial charge in [-0.2, -0.15) is 0 Å². The Hall–Kier alpha value is -0.860. The Bertz CT molecular complexity index is 409. The summed E-state index contributed by atoms with van der Waals surface area (Å²) in [5.74, 6) is 0. The lowest BCUT2D eigenvalue weighted by Crippen LogP contribution is -2.62. The number of nitrogens with zero attached hydrogens (tertiary/aromatic N) is 1. The third-order valence-corrected chi connectivity index (χ3v) is 5.22. The number of hydrogen-bond acceptors (Lipinski definition) is 2. The van der Waals surface area contributed by atoms with Crippen LogP contribution in [0.1, 0.15) is 44.6 Å². The minimum absolute atomic E-state index is 0.458. The van der Waals surface area contributed by atoms with Crippen molar-refractivity contribution < 1.29 is 0 Å². The summed E-state index contributed by atoms with van der Waals surface area (Å²) in [4.78, 5) is 2.73. The average Bonchev–Trinajstić information content (AvgIpc) is 2.92. The van der Waals surface area contributed by atoms with Crippen LogP contribution >= 0.6 is 0 Å². The van der Waals surface area contributed by atoms with Crippen molar-refractivity contribution in [3.05, 3.63) is 35.9 Å². The van der Waals surface area contributed by atoms with Gasteiger partial charge >= 0.3 is 0 Å². The van der Waals surface area contributed by atoms with Gasteiger partial charge in [0.2, 0.25) is 0 Å². The molecule has 2 nitrogen and oxygen atoms in total. The van der Waals surface area contributed by atoms with Crippen molar-refractivity contribution in [2.24, 2.45) is 0 Å². The first kappa shape index (κ1) is 14.1. The molecule has 1 spiro atoms. The molecule has 0 radical (unpaired) electrons. The number of benzene rings is 1. The van der Waals surface area contributed by atoms with Gasteiger partial charge in [0.05, 0.1) is 0 Å². The number of aryl methyl sites for hydroxylation is 1. The Balaban J connectivity index is 1.50. The molecule has 1 aromatic carbocycles. The molecule has 1 aliphatic heterocycles. The molecule has 1 N–H and O–H groups in total. The molecule has 1 aliphatic carbocycles. The van der Waals surface area contributed by atoms with E-state index in [-0.39, 0.29) is 0 Å². The topological polar surface area (TPSA) is 15.3 Å². The van der Waals surface area contributed by atoms with Crippen molar-refractivity contribution in [1.82, 2.24) is 10.2 Å². The lowest BCUT2D eigenvalue weighted by Gasteiger charge is -2.45. The molecule has 1 saturated carbocycles. The molecule has 1 heterocycles. The Morgan fingerprint density at radius 2 is 1.95 bits per heavy atom. The fourth-order valence-corrected chi connectivity index (χ4v) is 3.91. The molecule has 0 aromatic heterocycles. The average molecular weight is 272 g/mol. The molecule has 1 atom stereocenters. The zero-order valence-corrected chi connectivity index (χ0v) is 12.8. The molecule has 0 bridgehead atoms. The van der Waals surface area contributed by atoms with Gasteiger partial charge in [0.15, 0.2) is 0 Å². The maximum Gasteiger partial charge on any atom is 0.0309 e. The van der Waals surface area contributed by atoms with Crippen molar-refractivity contribution in [3.63, 3.8) is 0 Å². The number of rotatable bonds is 4. The van der Waals surface area contributed by atoms with Gasteiger partial charge in [-0.3, -0.25) is 4.90 Å². The second kappa shape index (κ2) is 6.28. The highest BCUT2D eigenvalue weighted by atomic mass is 15.2. The molecule has 2 aliphatic rings. The number of piperazine rings is 1. The van der Waals surface area contributed by atoms with Crippen LogP contribution in [0.4, 0.5) is 0 Å². The highest BCUT2D eigenvalue weighted by Gasteiger charge is 2.39.